The van der Waals surface area contributed by atoms with Gasteiger partial charge in [-0.1, -0.05) is 13.8 Å². The molecule has 1 saturated carbocycles. The van der Waals surface area contributed by atoms with Crippen LogP contribution in [-0.4, -0.2) is 69.5 Å². The maximum Gasteiger partial charge on any atom is 0.191 e. The fourth-order valence-electron chi connectivity index (χ4n) is 3.72. The van der Waals surface area contributed by atoms with Crippen molar-refractivity contribution < 1.29 is 8.42 Å². The summed E-state index contributed by atoms with van der Waals surface area (Å²) in [7, 11) is -2.80. The number of guanidine groups is 1. The maximum atomic E-state index is 11.5. The molecule has 7 heteroatoms. The van der Waals surface area contributed by atoms with Gasteiger partial charge in [0.25, 0.3) is 0 Å². The summed E-state index contributed by atoms with van der Waals surface area (Å²) in [5, 5.41) is 6.93. The second-order valence-electron chi connectivity index (χ2n) is 7.75. The van der Waals surface area contributed by atoms with E-state index in [0.29, 0.717) is 25.7 Å². The summed E-state index contributed by atoms with van der Waals surface area (Å²) in [6, 6.07) is 0.521. The smallest absolute Gasteiger partial charge is 0.191 e. The highest BCUT2D eigenvalue weighted by atomic mass is 32.2. The average molecular weight is 373 g/mol. The van der Waals surface area contributed by atoms with Crippen molar-refractivity contribution in [2.75, 3.05) is 44.2 Å². The Hall–Kier alpha value is -0.820. The third-order valence-electron chi connectivity index (χ3n) is 5.52. The molecule has 6 nitrogen and oxygen atoms in total. The first-order valence-electron chi connectivity index (χ1n) is 9.87. The molecule has 0 aromatic carbocycles. The van der Waals surface area contributed by atoms with Gasteiger partial charge >= 0.3 is 0 Å². The summed E-state index contributed by atoms with van der Waals surface area (Å²) in [5.41, 5.74) is 0. The number of nitrogens with one attached hydrogen (secondary N) is 2. The minimum absolute atomic E-state index is 0.286. The van der Waals surface area contributed by atoms with E-state index in [1.807, 2.05) is 0 Å². The minimum atomic E-state index is -2.80. The molecule has 0 atom stereocenters. The lowest BCUT2D eigenvalue weighted by atomic mass is 9.80. The lowest BCUT2D eigenvalue weighted by molar-refractivity contribution is 0.250. The number of aliphatic imine (C=N–C) groups is 1. The van der Waals surface area contributed by atoms with E-state index in [0.717, 1.165) is 30.9 Å². The second-order valence-corrected chi connectivity index (χ2v) is 10.1. The summed E-state index contributed by atoms with van der Waals surface area (Å²) in [6.45, 7) is 10.4. The largest absolute Gasteiger partial charge is 0.357 e. The molecular weight excluding hydrogens is 336 g/mol. The first kappa shape index (κ1) is 20.5. The SMILES string of the molecule is CCNC(=NCCN1CCS(=O)(=O)CC1)NC1CCC(C(C)C)CC1. The molecule has 2 rings (SSSR count). The molecule has 1 heterocycles. The lowest BCUT2D eigenvalue weighted by Gasteiger charge is -2.32. The molecule has 1 saturated heterocycles. The fourth-order valence-corrected chi connectivity index (χ4v) is 5.00. The molecule has 0 amide bonds. The van der Waals surface area contributed by atoms with Crippen LogP contribution in [0.3, 0.4) is 0 Å². The zero-order valence-corrected chi connectivity index (χ0v) is 16.9. The van der Waals surface area contributed by atoms with Gasteiger partial charge in [-0.25, -0.2) is 8.42 Å². The number of nitrogens with zero attached hydrogens (tertiary/aromatic N) is 2. The topological polar surface area (TPSA) is 73.8 Å². The Balaban J connectivity index is 1.75. The first-order chi connectivity index (χ1) is 11.9. The van der Waals surface area contributed by atoms with Gasteiger partial charge in [0.1, 0.15) is 0 Å². The summed E-state index contributed by atoms with van der Waals surface area (Å²) < 4.78 is 23.0. The molecule has 2 aliphatic rings. The number of hydrogen-bond donors (Lipinski definition) is 2. The second kappa shape index (κ2) is 9.76. The van der Waals surface area contributed by atoms with Crippen LogP contribution in [0.4, 0.5) is 0 Å². The summed E-state index contributed by atoms with van der Waals surface area (Å²) in [4.78, 5) is 6.89. The zero-order chi connectivity index (χ0) is 18.3. The predicted molar refractivity (Wildman–Crippen MR) is 105 cm³/mol. The Morgan fingerprint density at radius 3 is 2.36 bits per heavy atom. The van der Waals surface area contributed by atoms with E-state index in [1.54, 1.807) is 0 Å². The molecule has 0 aromatic heterocycles. The van der Waals surface area contributed by atoms with E-state index in [1.165, 1.54) is 25.7 Å². The number of sulfone groups is 1. The van der Waals surface area contributed by atoms with Gasteiger partial charge in [-0.2, -0.15) is 0 Å². The van der Waals surface area contributed by atoms with E-state index in [9.17, 15) is 8.42 Å². The van der Waals surface area contributed by atoms with Crippen LogP contribution < -0.4 is 10.6 Å². The Kier molecular flexibility index (Phi) is 8.00. The van der Waals surface area contributed by atoms with Crippen molar-refractivity contribution in [3.63, 3.8) is 0 Å². The monoisotopic (exact) mass is 372 g/mol. The third-order valence-corrected chi connectivity index (χ3v) is 7.13. The lowest BCUT2D eigenvalue weighted by Crippen LogP contribution is -2.46. The fraction of sp³-hybridized carbons (Fsp3) is 0.944. The van der Waals surface area contributed by atoms with E-state index >= 15 is 0 Å². The van der Waals surface area contributed by atoms with Crippen LogP contribution in [0, 0.1) is 11.8 Å². The molecule has 1 aliphatic carbocycles. The van der Waals surface area contributed by atoms with Crippen molar-refractivity contribution in [1.82, 2.24) is 15.5 Å². The number of rotatable bonds is 6. The van der Waals surface area contributed by atoms with Crippen molar-refractivity contribution >= 4 is 15.8 Å². The van der Waals surface area contributed by atoms with Crippen molar-refractivity contribution in [2.45, 2.75) is 52.5 Å². The van der Waals surface area contributed by atoms with E-state index in [4.69, 9.17) is 4.99 Å². The van der Waals surface area contributed by atoms with Gasteiger partial charge in [0.2, 0.25) is 0 Å². The Bertz CT molecular complexity index is 511. The average Bonchev–Trinajstić information content (AvgIpc) is 2.57. The molecule has 2 fully saturated rings. The highest BCUT2D eigenvalue weighted by Crippen LogP contribution is 2.29. The van der Waals surface area contributed by atoms with E-state index < -0.39 is 9.84 Å². The summed E-state index contributed by atoms with van der Waals surface area (Å²) >= 11 is 0. The highest BCUT2D eigenvalue weighted by Gasteiger charge is 2.24. The third kappa shape index (κ3) is 7.13. The molecule has 0 bridgehead atoms. The van der Waals surface area contributed by atoms with Gasteiger partial charge in [-0.3, -0.25) is 9.89 Å². The van der Waals surface area contributed by atoms with E-state index in [-0.39, 0.29) is 11.5 Å². The standard InChI is InChI=1S/C18H36N4O2S/c1-4-19-18(21-17-7-5-16(6-8-17)15(2)3)20-9-10-22-11-13-25(23,24)14-12-22/h15-17H,4-14H2,1-3H3,(H2,19,20,21). The van der Waals surface area contributed by atoms with Crippen LogP contribution in [0.2, 0.25) is 0 Å². The number of hydrogen-bond acceptors (Lipinski definition) is 4. The Labute approximate surface area is 153 Å². The van der Waals surface area contributed by atoms with Crippen LogP contribution in [0.5, 0.6) is 0 Å². The van der Waals surface area contributed by atoms with Crippen molar-refractivity contribution in [1.29, 1.82) is 0 Å². The van der Waals surface area contributed by atoms with Gasteiger partial charge in [0, 0.05) is 32.2 Å². The maximum absolute atomic E-state index is 11.5. The van der Waals surface area contributed by atoms with Crippen LogP contribution in [0.1, 0.15) is 46.5 Å². The Morgan fingerprint density at radius 1 is 1.16 bits per heavy atom. The quantitative estimate of drug-likeness (QED) is 0.546. The van der Waals surface area contributed by atoms with Gasteiger partial charge in [-0.05, 0) is 44.4 Å². The molecule has 25 heavy (non-hydrogen) atoms. The first-order valence-corrected chi connectivity index (χ1v) is 11.7. The van der Waals surface area contributed by atoms with Crippen LogP contribution >= 0.6 is 0 Å². The van der Waals surface area contributed by atoms with E-state index in [2.05, 4.69) is 36.3 Å². The predicted octanol–water partition coefficient (Wildman–Crippen LogP) is 1.49. The molecule has 146 valence electrons. The van der Waals surface area contributed by atoms with Crippen molar-refractivity contribution in [3.05, 3.63) is 0 Å². The molecule has 0 spiro atoms. The zero-order valence-electron chi connectivity index (χ0n) is 16.1. The summed E-state index contributed by atoms with van der Waals surface area (Å²) in [6.07, 6.45) is 5.04. The van der Waals surface area contributed by atoms with Gasteiger partial charge in [0.15, 0.2) is 15.8 Å². The molecule has 0 radical (unpaired) electrons. The minimum Gasteiger partial charge on any atom is -0.357 e. The van der Waals surface area contributed by atoms with Gasteiger partial charge < -0.3 is 10.6 Å². The molecule has 0 aromatic rings. The van der Waals surface area contributed by atoms with Crippen LogP contribution in [-0.2, 0) is 9.84 Å². The Morgan fingerprint density at radius 2 is 1.80 bits per heavy atom. The normalized spacial score (nSPS) is 28.1. The molecule has 0 unspecified atom stereocenters. The van der Waals surface area contributed by atoms with Crippen molar-refractivity contribution in [3.8, 4) is 0 Å². The molecule has 2 N–H and O–H groups in total. The van der Waals surface area contributed by atoms with Crippen molar-refractivity contribution in [2.24, 2.45) is 16.8 Å². The molecule has 1 aliphatic heterocycles. The highest BCUT2D eigenvalue weighted by molar-refractivity contribution is 7.91. The van der Waals surface area contributed by atoms with Crippen LogP contribution in [0.25, 0.3) is 0 Å². The van der Waals surface area contributed by atoms with Crippen LogP contribution in [0.15, 0.2) is 4.99 Å². The summed E-state index contributed by atoms with van der Waals surface area (Å²) in [5.74, 6) is 3.13. The van der Waals surface area contributed by atoms with Gasteiger partial charge in [-0.15, -0.1) is 0 Å². The molecular formula is C18H36N4O2S. The van der Waals surface area contributed by atoms with Gasteiger partial charge in [0.05, 0.1) is 18.1 Å².